The molecule has 0 fully saturated rings. The summed E-state index contributed by atoms with van der Waals surface area (Å²) in [6.07, 6.45) is 1.17. The van der Waals surface area contributed by atoms with Gasteiger partial charge >= 0.3 is 0 Å². The Kier molecular flexibility index (Phi) is 4.07. The van der Waals surface area contributed by atoms with Gasteiger partial charge in [0, 0.05) is 12.2 Å². The van der Waals surface area contributed by atoms with Gasteiger partial charge in [0.25, 0.3) is 0 Å². The molecule has 2 aromatic rings. The van der Waals surface area contributed by atoms with Crippen LogP contribution < -0.4 is 4.72 Å². The van der Waals surface area contributed by atoms with Crippen LogP contribution in [0.1, 0.15) is 23.0 Å². The van der Waals surface area contributed by atoms with Crippen molar-refractivity contribution in [3.05, 3.63) is 39.8 Å². The maximum absolute atomic E-state index is 11.3. The molecule has 19 heavy (non-hydrogen) atoms. The molecule has 7 heteroatoms. The van der Waals surface area contributed by atoms with E-state index in [-0.39, 0.29) is 6.04 Å². The molecule has 0 saturated carbocycles. The molecule has 0 radical (unpaired) electrons. The first kappa shape index (κ1) is 14.2. The number of aryl methyl sites for hydroxylation is 2. The van der Waals surface area contributed by atoms with E-state index >= 15 is 0 Å². The number of nitrogens with zero attached hydrogens (tertiary/aromatic N) is 2. The predicted octanol–water partition coefficient (Wildman–Crippen LogP) is 1.70. The smallest absolute Gasteiger partial charge is 0.208 e. The molecule has 0 saturated heterocycles. The second kappa shape index (κ2) is 5.44. The average molecular weight is 299 g/mol. The predicted molar refractivity (Wildman–Crippen MR) is 77.0 cm³/mol. The monoisotopic (exact) mass is 299 g/mol. The highest BCUT2D eigenvalue weighted by molar-refractivity contribution is 7.88. The lowest BCUT2D eigenvalue weighted by Gasteiger charge is -2.18. The highest BCUT2D eigenvalue weighted by Gasteiger charge is 2.18. The maximum Gasteiger partial charge on any atom is 0.208 e. The number of hydrogen-bond acceptors (Lipinski definition) is 4. The number of nitrogens with one attached hydrogen (secondary N) is 1. The summed E-state index contributed by atoms with van der Waals surface area (Å²) in [5, 5.41) is 8.45. The van der Waals surface area contributed by atoms with Crippen molar-refractivity contribution in [2.45, 2.75) is 19.9 Å². The van der Waals surface area contributed by atoms with E-state index in [0.717, 1.165) is 17.0 Å². The van der Waals surface area contributed by atoms with Crippen LogP contribution in [-0.4, -0.2) is 31.0 Å². The summed E-state index contributed by atoms with van der Waals surface area (Å²) in [5.74, 6) is 0. The van der Waals surface area contributed by atoms with E-state index in [9.17, 15) is 8.42 Å². The molecule has 1 N–H and O–H groups in total. The molecule has 0 aliphatic carbocycles. The zero-order chi connectivity index (χ0) is 14.0. The fourth-order valence-corrected chi connectivity index (χ4v) is 3.17. The van der Waals surface area contributed by atoms with Crippen molar-refractivity contribution < 1.29 is 8.42 Å². The van der Waals surface area contributed by atoms with Gasteiger partial charge in [-0.2, -0.15) is 16.4 Å². The van der Waals surface area contributed by atoms with Crippen LogP contribution in [0.15, 0.2) is 22.9 Å². The van der Waals surface area contributed by atoms with Gasteiger partial charge in [-0.05, 0) is 42.3 Å². The molecule has 2 aromatic heterocycles. The van der Waals surface area contributed by atoms with E-state index in [1.54, 1.807) is 11.3 Å². The molecule has 0 unspecified atom stereocenters. The van der Waals surface area contributed by atoms with Gasteiger partial charge in [0.05, 0.1) is 18.0 Å². The van der Waals surface area contributed by atoms with Gasteiger partial charge in [0.1, 0.15) is 0 Å². The molecule has 0 aromatic carbocycles. The fourth-order valence-electron chi connectivity index (χ4n) is 2.00. The van der Waals surface area contributed by atoms with Crippen molar-refractivity contribution in [2.24, 2.45) is 0 Å². The van der Waals surface area contributed by atoms with E-state index in [2.05, 4.69) is 9.82 Å². The van der Waals surface area contributed by atoms with Crippen molar-refractivity contribution in [3.63, 3.8) is 0 Å². The zero-order valence-corrected chi connectivity index (χ0v) is 12.8. The summed E-state index contributed by atoms with van der Waals surface area (Å²) in [5.41, 5.74) is 3.01. The van der Waals surface area contributed by atoms with Gasteiger partial charge in [-0.15, -0.1) is 0 Å². The van der Waals surface area contributed by atoms with Gasteiger partial charge in [-0.25, -0.2) is 13.1 Å². The Morgan fingerprint density at radius 3 is 2.68 bits per heavy atom. The third-order valence-corrected chi connectivity index (χ3v) is 4.20. The molecule has 0 spiro atoms. The molecule has 0 aliphatic heterocycles. The molecular formula is C12H17N3O2S2. The Labute approximate surface area is 117 Å². The zero-order valence-electron chi connectivity index (χ0n) is 11.1. The van der Waals surface area contributed by atoms with Crippen LogP contribution in [0.25, 0.3) is 0 Å². The quantitative estimate of drug-likeness (QED) is 0.914. The summed E-state index contributed by atoms with van der Waals surface area (Å²) < 4.78 is 27.0. The van der Waals surface area contributed by atoms with Crippen LogP contribution in [0, 0.1) is 13.8 Å². The summed E-state index contributed by atoms with van der Waals surface area (Å²) in [4.78, 5) is 0. The minimum Gasteiger partial charge on any atom is -0.261 e. The van der Waals surface area contributed by atoms with E-state index in [0.29, 0.717) is 6.54 Å². The Balaban J connectivity index is 2.32. The van der Waals surface area contributed by atoms with Crippen LogP contribution in [0.4, 0.5) is 0 Å². The van der Waals surface area contributed by atoms with Crippen LogP contribution >= 0.6 is 11.3 Å². The van der Waals surface area contributed by atoms with E-state index in [4.69, 9.17) is 0 Å². The Hall–Kier alpha value is -1.18. The first-order valence-corrected chi connectivity index (χ1v) is 8.70. The summed E-state index contributed by atoms with van der Waals surface area (Å²) in [6, 6.07) is 3.87. The van der Waals surface area contributed by atoms with E-state index in [1.807, 2.05) is 41.4 Å². The van der Waals surface area contributed by atoms with Crippen LogP contribution in [0.3, 0.4) is 0 Å². The molecule has 2 rings (SSSR count). The minimum absolute atomic E-state index is 0.116. The molecule has 5 nitrogen and oxygen atoms in total. The van der Waals surface area contributed by atoms with Crippen molar-refractivity contribution in [2.75, 3.05) is 12.8 Å². The molecule has 0 aliphatic rings. The van der Waals surface area contributed by atoms with E-state index < -0.39 is 10.0 Å². The lowest BCUT2D eigenvalue weighted by atomic mass is 10.1. The highest BCUT2D eigenvalue weighted by Crippen LogP contribution is 2.22. The van der Waals surface area contributed by atoms with Crippen LogP contribution in [0.2, 0.25) is 0 Å². The molecule has 0 amide bonds. The summed E-state index contributed by atoms with van der Waals surface area (Å²) in [7, 11) is -3.21. The Morgan fingerprint density at radius 1 is 1.47 bits per heavy atom. The first-order chi connectivity index (χ1) is 8.87. The lowest BCUT2D eigenvalue weighted by molar-refractivity contribution is 0.496. The highest BCUT2D eigenvalue weighted by atomic mass is 32.2. The minimum atomic E-state index is -3.21. The van der Waals surface area contributed by atoms with Gasteiger partial charge in [-0.3, -0.25) is 4.68 Å². The number of aromatic nitrogens is 2. The Morgan fingerprint density at radius 2 is 2.21 bits per heavy atom. The molecule has 104 valence electrons. The third kappa shape index (κ3) is 3.65. The molecule has 0 bridgehead atoms. The normalized spacial score (nSPS) is 13.6. The number of hydrogen-bond donors (Lipinski definition) is 1. The average Bonchev–Trinajstić information content (AvgIpc) is 2.88. The second-order valence-corrected chi connectivity index (χ2v) is 7.18. The number of sulfonamides is 1. The van der Waals surface area contributed by atoms with Crippen molar-refractivity contribution in [1.29, 1.82) is 0 Å². The van der Waals surface area contributed by atoms with Gasteiger partial charge in [0.15, 0.2) is 0 Å². The number of thiophene rings is 1. The molecular weight excluding hydrogens is 282 g/mol. The van der Waals surface area contributed by atoms with Gasteiger partial charge in [0.2, 0.25) is 10.0 Å². The van der Waals surface area contributed by atoms with Crippen LogP contribution in [-0.2, 0) is 10.0 Å². The Bertz CT molecular complexity index is 645. The van der Waals surface area contributed by atoms with Crippen molar-refractivity contribution in [3.8, 4) is 0 Å². The second-order valence-electron chi connectivity index (χ2n) is 4.56. The first-order valence-electron chi connectivity index (χ1n) is 5.86. The fraction of sp³-hybridized carbons (Fsp3) is 0.417. The van der Waals surface area contributed by atoms with Gasteiger partial charge < -0.3 is 0 Å². The number of rotatable bonds is 5. The van der Waals surface area contributed by atoms with Crippen LogP contribution in [0.5, 0.6) is 0 Å². The van der Waals surface area contributed by atoms with Crippen molar-refractivity contribution >= 4 is 21.4 Å². The topological polar surface area (TPSA) is 64.0 Å². The van der Waals surface area contributed by atoms with E-state index in [1.165, 1.54) is 6.26 Å². The standard InChI is InChI=1S/C12H17N3O2S2/c1-9-6-10(2)15(14-9)12(7-13-19(3,16)17)11-4-5-18-8-11/h4-6,8,12-13H,7H2,1-3H3/t12-/m0/s1. The molecule has 1 atom stereocenters. The SMILES string of the molecule is Cc1cc(C)n([C@@H](CNS(C)(=O)=O)c2ccsc2)n1. The lowest BCUT2D eigenvalue weighted by Crippen LogP contribution is -2.31. The largest absolute Gasteiger partial charge is 0.261 e. The molecule has 2 heterocycles. The van der Waals surface area contributed by atoms with Gasteiger partial charge in [-0.1, -0.05) is 0 Å². The maximum atomic E-state index is 11.3. The van der Waals surface area contributed by atoms with Crippen molar-refractivity contribution in [1.82, 2.24) is 14.5 Å². The summed E-state index contributed by atoms with van der Waals surface area (Å²) in [6.45, 7) is 4.20. The summed E-state index contributed by atoms with van der Waals surface area (Å²) >= 11 is 1.59. The third-order valence-electron chi connectivity index (χ3n) is 2.81.